The minimum Gasteiger partial charge on any atom is -0.508 e. The molecule has 3 rings (SSSR count). The highest BCUT2D eigenvalue weighted by Gasteiger charge is 2.56. The summed E-state index contributed by atoms with van der Waals surface area (Å²) in [5.41, 5.74) is 2.55. The number of nitrogens with one attached hydrogen (secondary N) is 1. The molecule has 0 spiro atoms. The van der Waals surface area contributed by atoms with E-state index in [1.807, 2.05) is 42.5 Å². The highest BCUT2D eigenvalue weighted by molar-refractivity contribution is 6.57. The first-order valence-corrected chi connectivity index (χ1v) is 9.65. The molecule has 1 saturated heterocycles. The minimum absolute atomic E-state index is 0.00196. The first kappa shape index (κ1) is 18.2. The molecule has 0 aromatic heterocycles. The number of carbonyl (C=O) groups is 1. The number of aromatic hydroxyl groups is 1. The Kier molecular flexibility index (Phi) is 5.45. The van der Waals surface area contributed by atoms with Crippen LogP contribution in [0.2, 0.25) is 5.54 Å². The van der Waals surface area contributed by atoms with Crippen molar-refractivity contribution < 1.29 is 9.90 Å². The standard InChI is InChI=1S/C21H22N2O2Si/c1-23(2)21(19(26-21)14-17-8-11-18(24)12-9-17)15-22-20(25)13-10-16-6-4-3-5-7-16/h3-9,11-12,19,24H,14-15H2,1-2H3,(H,22,25)/t19?,21-/m1/s1. The molecule has 0 aliphatic carbocycles. The van der Waals surface area contributed by atoms with E-state index in [0.717, 1.165) is 21.5 Å². The van der Waals surface area contributed by atoms with Crippen LogP contribution in [0.5, 0.6) is 5.75 Å². The van der Waals surface area contributed by atoms with Gasteiger partial charge in [0.05, 0.1) is 9.52 Å². The van der Waals surface area contributed by atoms with Crippen molar-refractivity contribution >= 4 is 15.4 Å². The fourth-order valence-electron chi connectivity index (χ4n) is 3.03. The molecule has 1 amide bonds. The molecule has 5 heteroatoms. The van der Waals surface area contributed by atoms with Gasteiger partial charge in [0.15, 0.2) is 0 Å². The number of likely N-dealkylation sites (N-methyl/N-ethyl adjacent to an activating group) is 1. The van der Waals surface area contributed by atoms with Crippen LogP contribution in [0.4, 0.5) is 0 Å². The maximum absolute atomic E-state index is 12.1. The van der Waals surface area contributed by atoms with Crippen molar-refractivity contribution in [3.8, 4) is 17.6 Å². The normalized spacial score (nSPS) is 21.0. The molecule has 1 heterocycles. The smallest absolute Gasteiger partial charge is 0.296 e. The van der Waals surface area contributed by atoms with Crippen LogP contribution in [-0.4, -0.2) is 51.2 Å². The molecule has 2 aromatic rings. The zero-order valence-corrected chi connectivity index (χ0v) is 16.0. The number of phenolic OH excluding ortho intramolecular Hbond substituents is 1. The van der Waals surface area contributed by atoms with Gasteiger partial charge in [-0.05, 0) is 55.9 Å². The van der Waals surface area contributed by atoms with Crippen LogP contribution in [0.3, 0.4) is 0 Å². The molecule has 1 unspecified atom stereocenters. The van der Waals surface area contributed by atoms with Crippen molar-refractivity contribution in [2.75, 3.05) is 20.6 Å². The summed E-state index contributed by atoms with van der Waals surface area (Å²) in [6, 6.07) is 16.9. The predicted octanol–water partition coefficient (Wildman–Crippen LogP) is 1.87. The Bertz CT molecular complexity index is 825. The van der Waals surface area contributed by atoms with E-state index >= 15 is 0 Å². The quantitative estimate of drug-likeness (QED) is 0.631. The van der Waals surface area contributed by atoms with Gasteiger partial charge in [0.2, 0.25) is 0 Å². The van der Waals surface area contributed by atoms with E-state index in [9.17, 15) is 9.90 Å². The van der Waals surface area contributed by atoms with Gasteiger partial charge in [0.25, 0.3) is 5.91 Å². The Morgan fingerprint density at radius 2 is 1.88 bits per heavy atom. The van der Waals surface area contributed by atoms with Crippen LogP contribution in [0.25, 0.3) is 0 Å². The Balaban J connectivity index is 1.57. The second-order valence-electron chi connectivity index (χ2n) is 6.68. The fraction of sp³-hybridized carbons (Fsp3) is 0.286. The lowest BCUT2D eigenvalue weighted by Crippen LogP contribution is -2.44. The average Bonchev–Trinajstić information content (AvgIpc) is 3.35. The first-order valence-electron chi connectivity index (χ1n) is 8.57. The summed E-state index contributed by atoms with van der Waals surface area (Å²) < 4.78 is 0. The zero-order chi connectivity index (χ0) is 18.6. The van der Waals surface area contributed by atoms with E-state index in [-0.39, 0.29) is 16.8 Å². The Morgan fingerprint density at radius 1 is 1.19 bits per heavy atom. The second kappa shape index (κ2) is 7.77. The lowest BCUT2D eigenvalue weighted by Gasteiger charge is -2.26. The van der Waals surface area contributed by atoms with Crippen molar-refractivity contribution in [1.82, 2.24) is 10.2 Å². The zero-order valence-electron chi connectivity index (χ0n) is 15.0. The van der Waals surface area contributed by atoms with Crippen LogP contribution in [0.15, 0.2) is 54.6 Å². The van der Waals surface area contributed by atoms with E-state index in [4.69, 9.17) is 0 Å². The van der Waals surface area contributed by atoms with Gasteiger partial charge in [-0.15, -0.1) is 0 Å². The summed E-state index contributed by atoms with van der Waals surface area (Å²) in [6.07, 6.45) is 0.947. The summed E-state index contributed by atoms with van der Waals surface area (Å²) in [7, 11) is 4.89. The van der Waals surface area contributed by atoms with Gasteiger partial charge < -0.3 is 15.3 Å². The number of carbonyl (C=O) groups excluding carboxylic acids is 1. The average molecular weight is 363 g/mol. The monoisotopic (exact) mass is 362 g/mol. The van der Waals surface area contributed by atoms with Gasteiger partial charge in [-0.3, -0.25) is 4.79 Å². The third-order valence-electron chi connectivity index (χ3n) is 4.70. The molecular weight excluding hydrogens is 340 g/mol. The molecule has 132 valence electrons. The molecule has 2 aromatic carbocycles. The van der Waals surface area contributed by atoms with Crippen molar-refractivity contribution in [3.63, 3.8) is 0 Å². The highest BCUT2D eigenvalue weighted by Crippen LogP contribution is 2.45. The summed E-state index contributed by atoms with van der Waals surface area (Å²) in [6.45, 7) is 0.601. The van der Waals surface area contributed by atoms with E-state index in [2.05, 4.69) is 36.2 Å². The third-order valence-corrected chi connectivity index (χ3v) is 6.90. The lowest BCUT2D eigenvalue weighted by atomic mass is 10.0. The predicted molar refractivity (Wildman–Crippen MR) is 104 cm³/mol. The number of hydrogen-bond donors (Lipinski definition) is 2. The summed E-state index contributed by atoms with van der Waals surface area (Å²) in [5, 5.41) is 12.4. The largest absolute Gasteiger partial charge is 0.508 e. The molecule has 1 fully saturated rings. The number of nitrogens with zero attached hydrogens (tertiary/aromatic N) is 1. The van der Waals surface area contributed by atoms with Gasteiger partial charge in [-0.2, -0.15) is 0 Å². The number of benzene rings is 2. The third kappa shape index (κ3) is 4.34. The molecule has 2 atom stereocenters. The SMILES string of the molecule is CN(C)[C@]1(CNC(=O)C#Cc2ccccc2)[Si]C1Cc1ccc(O)cc1. The first-order chi connectivity index (χ1) is 12.5. The van der Waals surface area contributed by atoms with E-state index in [1.165, 1.54) is 5.56 Å². The van der Waals surface area contributed by atoms with Crippen LogP contribution in [0.1, 0.15) is 11.1 Å². The van der Waals surface area contributed by atoms with Crippen LogP contribution < -0.4 is 5.32 Å². The minimum atomic E-state index is -0.241. The molecule has 0 saturated carbocycles. The molecule has 26 heavy (non-hydrogen) atoms. The number of hydrogen-bond acceptors (Lipinski definition) is 3. The maximum atomic E-state index is 12.1. The van der Waals surface area contributed by atoms with Crippen molar-refractivity contribution in [2.45, 2.75) is 17.1 Å². The Morgan fingerprint density at radius 3 is 2.54 bits per heavy atom. The van der Waals surface area contributed by atoms with Crippen LogP contribution >= 0.6 is 0 Å². The van der Waals surface area contributed by atoms with Gasteiger partial charge in [0, 0.05) is 23.2 Å². The summed E-state index contributed by atoms with van der Waals surface area (Å²) in [4.78, 5) is 14.3. The molecule has 0 bridgehead atoms. The fourth-order valence-corrected chi connectivity index (χ4v) is 4.80. The van der Waals surface area contributed by atoms with Crippen molar-refractivity contribution in [3.05, 3.63) is 65.7 Å². The Labute approximate surface area is 157 Å². The summed E-state index contributed by atoms with van der Waals surface area (Å²) in [5.74, 6) is 5.60. The van der Waals surface area contributed by atoms with E-state index in [0.29, 0.717) is 12.1 Å². The number of amides is 1. The maximum Gasteiger partial charge on any atom is 0.296 e. The topological polar surface area (TPSA) is 52.6 Å². The molecule has 1 aliphatic rings. The van der Waals surface area contributed by atoms with Gasteiger partial charge >= 0.3 is 0 Å². The van der Waals surface area contributed by atoms with E-state index < -0.39 is 0 Å². The molecule has 1 aliphatic heterocycles. The summed E-state index contributed by atoms with van der Waals surface area (Å²) >= 11 is 0. The van der Waals surface area contributed by atoms with Crippen molar-refractivity contribution in [1.29, 1.82) is 0 Å². The lowest BCUT2D eigenvalue weighted by molar-refractivity contribution is -0.115. The van der Waals surface area contributed by atoms with Gasteiger partial charge in [0.1, 0.15) is 5.75 Å². The Hall–Kier alpha value is -2.55. The van der Waals surface area contributed by atoms with Crippen LogP contribution in [-0.2, 0) is 11.2 Å². The van der Waals surface area contributed by atoms with Gasteiger partial charge in [-0.25, -0.2) is 0 Å². The van der Waals surface area contributed by atoms with Crippen LogP contribution in [0, 0.1) is 11.8 Å². The second-order valence-corrected chi connectivity index (χ2v) is 8.54. The molecular formula is C21H22N2O2Si. The number of phenols is 1. The number of rotatable bonds is 5. The molecule has 2 radical (unpaired) electrons. The molecule has 4 nitrogen and oxygen atoms in total. The van der Waals surface area contributed by atoms with E-state index in [1.54, 1.807) is 12.1 Å². The highest BCUT2D eigenvalue weighted by atomic mass is 28.2. The van der Waals surface area contributed by atoms with Crippen molar-refractivity contribution in [2.24, 2.45) is 0 Å². The molecule has 2 N–H and O–H groups in total. The van der Waals surface area contributed by atoms with Gasteiger partial charge in [-0.1, -0.05) is 36.3 Å².